The van der Waals surface area contributed by atoms with Crippen molar-refractivity contribution >= 4 is 5.91 Å². The molecule has 0 aliphatic heterocycles. The Morgan fingerprint density at radius 2 is 2.25 bits per heavy atom. The van der Waals surface area contributed by atoms with E-state index in [0.717, 1.165) is 25.0 Å². The highest BCUT2D eigenvalue weighted by Crippen LogP contribution is 2.17. The van der Waals surface area contributed by atoms with Crippen molar-refractivity contribution in [1.82, 2.24) is 10.5 Å². The van der Waals surface area contributed by atoms with Crippen LogP contribution in [-0.2, 0) is 6.42 Å². The van der Waals surface area contributed by atoms with E-state index in [-0.39, 0.29) is 5.91 Å². The van der Waals surface area contributed by atoms with Crippen LogP contribution in [0.4, 0.5) is 0 Å². The number of carbonyl (C=O) groups excluding carboxylic acids is 1. The van der Waals surface area contributed by atoms with Crippen LogP contribution in [0.5, 0.6) is 0 Å². The van der Waals surface area contributed by atoms with E-state index in [4.69, 9.17) is 4.52 Å². The van der Waals surface area contributed by atoms with Crippen molar-refractivity contribution in [3.8, 4) is 0 Å². The van der Waals surface area contributed by atoms with Gasteiger partial charge in [0.15, 0.2) is 5.69 Å². The zero-order chi connectivity index (χ0) is 11.4. The standard InChI is InChI=1S/C12H18N2O2/c1-2-10-8-11(14-16-10)12(15)13-9-6-4-3-5-7-9/h8-9H,2-7H2,1H3,(H,13,15). The molecule has 1 aromatic heterocycles. The summed E-state index contributed by atoms with van der Waals surface area (Å²) in [5.41, 5.74) is 0.405. The maximum atomic E-state index is 11.8. The smallest absolute Gasteiger partial charge is 0.273 e. The molecule has 1 saturated carbocycles. The van der Waals surface area contributed by atoms with Crippen molar-refractivity contribution in [2.45, 2.75) is 51.5 Å². The lowest BCUT2D eigenvalue weighted by Crippen LogP contribution is -2.36. The van der Waals surface area contributed by atoms with Gasteiger partial charge in [0.25, 0.3) is 5.91 Å². The minimum atomic E-state index is -0.102. The van der Waals surface area contributed by atoms with Gasteiger partial charge < -0.3 is 9.84 Å². The van der Waals surface area contributed by atoms with Crippen LogP contribution in [0.25, 0.3) is 0 Å². The molecule has 4 nitrogen and oxygen atoms in total. The highest BCUT2D eigenvalue weighted by atomic mass is 16.5. The number of carbonyl (C=O) groups is 1. The molecule has 1 N–H and O–H groups in total. The molecule has 0 bridgehead atoms. The fraction of sp³-hybridized carbons (Fsp3) is 0.667. The van der Waals surface area contributed by atoms with Gasteiger partial charge in [-0.1, -0.05) is 31.3 Å². The minimum absolute atomic E-state index is 0.102. The SMILES string of the molecule is CCc1cc(C(=O)NC2CCCCC2)no1. The molecule has 1 aliphatic carbocycles. The molecule has 4 heteroatoms. The highest BCUT2D eigenvalue weighted by molar-refractivity contribution is 5.92. The minimum Gasteiger partial charge on any atom is -0.361 e. The van der Waals surface area contributed by atoms with E-state index in [1.165, 1.54) is 19.3 Å². The van der Waals surface area contributed by atoms with E-state index < -0.39 is 0 Å². The molecule has 16 heavy (non-hydrogen) atoms. The number of aromatic nitrogens is 1. The summed E-state index contributed by atoms with van der Waals surface area (Å²) in [6.45, 7) is 1.98. The van der Waals surface area contributed by atoms with E-state index >= 15 is 0 Å². The molecular formula is C12H18N2O2. The molecule has 0 aromatic carbocycles. The third-order valence-corrected chi connectivity index (χ3v) is 3.08. The first-order chi connectivity index (χ1) is 7.79. The largest absolute Gasteiger partial charge is 0.361 e. The number of nitrogens with one attached hydrogen (secondary N) is 1. The quantitative estimate of drug-likeness (QED) is 0.853. The number of hydrogen-bond donors (Lipinski definition) is 1. The van der Waals surface area contributed by atoms with Crippen LogP contribution in [-0.4, -0.2) is 17.1 Å². The lowest BCUT2D eigenvalue weighted by molar-refractivity contribution is 0.0918. The van der Waals surface area contributed by atoms with E-state index in [1.807, 2.05) is 6.92 Å². The van der Waals surface area contributed by atoms with Crippen molar-refractivity contribution in [2.24, 2.45) is 0 Å². The van der Waals surface area contributed by atoms with Crippen molar-refractivity contribution < 1.29 is 9.32 Å². The van der Waals surface area contributed by atoms with Crippen LogP contribution in [0.2, 0.25) is 0 Å². The third kappa shape index (κ3) is 2.62. The Kier molecular flexibility index (Phi) is 3.59. The van der Waals surface area contributed by atoms with Gasteiger partial charge in [0.1, 0.15) is 5.76 Å². The maximum absolute atomic E-state index is 11.8. The van der Waals surface area contributed by atoms with Crippen LogP contribution < -0.4 is 5.32 Å². The molecule has 2 rings (SSSR count). The van der Waals surface area contributed by atoms with Gasteiger partial charge in [0.05, 0.1) is 0 Å². The molecule has 1 fully saturated rings. The summed E-state index contributed by atoms with van der Waals surface area (Å²) >= 11 is 0. The van der Waals surface area contributed by atoms with Crippen LogP contribution in [0.15, 0.2) is 10.6 Å². The fourth-order valence-electron chi connectivity index (χ4n) is 2.09. The molecule has 0 spiro atoms. The molecule has 1 aromatic rings. The number of aryl methyl sites for hydroxylation is 1. The molecule has 1 heterocycles. The monoisotopic (exact) mass is 222 g/mol. The van der Waals surface area contributed by atoms with E-state index in [9.17, 15) is 4.79 Å². The number of nitrogens with zero attached hydrogens (tertiary/aromatic N) is 1. The first kappa shape index (κ1) is 11.2. The van der Waals surface area contributed by atoms with Gasteiger partial charge >= 0.3 is 0 Å². The predicted octanol–water partition coefficient (Wildman–Crippen LogP) is 2.30. The van der Waals surface area contributed by atoms with Gasteiger partial charge in [0.2, 0.25) is 0 Å². The first-order valence-corrected chi connectivity index (χ1v) is 6.06. The second kappa shape index (κ2) is 5.14. The van der Waals surface area contributed by atoms with E-state index in [2.05, 4.69) is 10.5 Å². The molecule has 1 aliphatic rings. The summed E-state index contributed by atoms with van der Waals surface area (Å²) in [7, 11) is 0. The first-order valence-electron chi connectivity index (χ1n) is 6.06. The zero-order valence-electron chi connectivity index (χ0n) is 9.66. The van der Waals surface area contributed by atoms with Crippen LogP contribution in [0, 0.1) is 0 Å². The van der Waals surface area contributed by atoms with Crippen molar-refractivity contribution in [3.63, 3.8) is 0 Å². The highest BCUT2D eigenvalue weighted by Gasteiger charge is 2.18. The second-order valence-corrected chi connectivity index (χ2v) is 4.34. The summed E-state index contributed by atoms with van der Waals surface area (Å²) < 4.78 is 5.01. The van der Waals surface area contributed by atoms with Crippen LogP contribution in [0.3, 0.4) is 0 Å². The summed E-state index contributed by atoms with van der Waals surface area (Å²) in [4.78, 5) is 11.8. The Morgan fingerprint density at radius 3 is 2.88 bits per heavy atom. The second-order valence-electron chi connectivity index (χ2n) is 4.34. The third-order valence-electron chi connectivity index (χ3n) is 3.08. The lowest BCUT2D eigenvalue weighted by atomic mass is 9.95. The fourth-order valence-corrected chi connectivity index (χ4v) is 2.09. The predicted molar refractivity (Wildman–Crippen MR) is 60.2 cm³/mol. The van der Waals surface area contributed by atoms with Gasteiger partial charge in [-0.15, -0.1) is 0 Å². The van der Waals surface area contributed by atoms with E-state index in [1.54, 1.807) is 6.07 Å². The number of hydrogen-bond acceptors (Lipinski definition) is 3. The lowest BCUT2D eigenvalue weighted by Gasteiger charge is -2.22. The van der Waals surface area contributed by atoms with Gasteiger partial charge in [-0.05, 0) is 12.8 Å². The van der Waals surface area contributed by atoms with E-state index in [0.29, 0.717) is 11.7 Å². The topological polar surface area (TPSA) is 55.1 Å². The number of amides is 1. The summed E-state index contributed by atoms with van der Waals surface area (Å²) in [5, 5.41) is 6.78. The Bertz CT molecular complexity index is 354. The molecule has 0 radical (unpaired) electrons. The van der Waals surface area contributed by atoms with Gasteiger partial charge in [0, 0.05) is 18.5 Å². The number of rotatable bonds is 3. The summed E-state index contributed by atoms with van der Waals surface area (Å²) in [6, 6.07) is 2.04. The van der Waals surface area contributed by atoms with Crippen molar-refractivity contribution in [1.29, 1.82) is 0 Å². The van der Waals surface area contributed by atoms with Crippen molar-refractivity contribution in [2.75, 3.05) is 0 Å². The van der Waals surface area contributed by atoms with Gasteiger partial charge in [-0.2, -0.15) is 0 Å². The normalized spacial score (nSPS) is 17.3. The Hall–Kier alpha value is -1.32. The van der Waals surface area contributed by atoms with Crippen LogP contribution >= 0.6 is 0 Å². The molecule has 1 amide bonds. The average molecular weight is 222 g/mol. The molecule has 88 valence electrons. The van der Waals surface area contributed by atoms with Gasteiger partial charge in [-0.25, -0.2) is 0 Å². The van der Waals surface area contributed by atoms with Crippen molar-refractivity contribution in [3.05, 3.63) is 17.5 Å². The molecular weight excluding hydrogens is 204 g/mol. The Labute approximate surface area is 95.4 Å². The zero-order valence-corrected chi connectivity index (χ0v) is 9.66. The Morgan fingerprint density at radius 1 is 1.50 bits per heavy atom. The Balaban J connectivity index is 1.91. The van der Waals surface area contributed by atoms with Crippen LogP contribution in [0.1, 0.15) is 55.3 Å². The maximum Gasteiger partial charge on any atom is 0.273 e. The average Bonchev–Trinajstić information content (AvgIpc) is 2.79. The molecule has 0 unspecified atom stereocenters. The summed E-state index contributed by atoms with van der Waals surface area (Å²) in [5.74, 6) is 0.657. The molecule has 0 saturated heterocycles. The molecule has 0 atom stereocenters. The summed E-state index contributed by atoms with van der Waals surface area (Å²) in [6.07, 6.45) is 6.66. The van der Waals surface area contributed by atoms with Gasteiger partial charge in [-0.3, -0.25) is 4.79 Å².